The van der Waals surface area contributed by atoms with Gasteiger partial charge in [-0.3, -0.25) is 0 Å². The molecule has 0 aliphatic carbocycles. The van der Waals surface area contributed by atoms with E-state index >= 15 is 0 Å². The molecule has 0 unspecified atom stereocenters. The minimum atomic E-state index is -4.34. The Morgan fingerprint density at radius 2 is 0.643 bits per heavy atom. The smallest absolute Gasteiger partial charge is 0.744 e. The average Bonchev–Trinajstić information content (AvgIpc) is 3.62. The van der Waals surface area contributed by atoms with E-state index in [2.05, 4.69) is 15.0 Å². The number of rotatable bonds is 3. The molecule has 0 aliphatic heterocycles. The van der Waals surface area contributed by atoms with E-state index in [-0.39, 0.29) is 103 Å². The van der Waals surface area contributed by atoms with Crippen molar-refractivity contribution in [2.24, 2.45) is 0 Å². The van der Waals surface area contributed by atoms with E-state index in [4.69, 9.17) is 0 Å². The molecule has 0 saturated heterocycles. The third-order valence-electron chi connectivity index (χ3n) is 5.44. The Kier molecular flexibility index (Phi) is 14.7. The molecule has 0 spiro atoms. The van der Waals surface area contributed by atoms with Crippen molar-refractivity contribution in [2.45, 2.75) is 14.7 Å². The van der Waals surface area contributed by atoms with Crippen molar-refractivity contribution in [3.05, 3.63) is 91.4 Å². The Morgan fingerprint density at radius 1 is 0.405 bits per heavy atom. The van der Waals surface area contributed by atoms with Crippen LogP contribution in [0, 0.1) is 0 Å². The molecule has 3 N–H and O–H groups in total. The van der Waals surface area contributed by atoms with Crippen LogP contribution in [-0.2, 0) is 30.4 Å². The third kappa shape index (κ3) is 10.3. The van der Waals surface area contributed by atoms with Crippen LogP contribution < -0.4 is 88.7 Å². The Morgan fingerprint density at radius 3 is 0.857 bits per heavy atom. The predicted molar refractivity (Wildman–Crippen MR) is 139 cm³/mol. The summed E-state index contributed by atoms with van der Waals surface area (Å²) in [4.78, 5) is 8.12. The SMILES string of the molecule is O=S(=O)([O-])c1ccc2[nH]ccc2c1.O=S(=O)([O-])c1ccc2[nH]ccc2c1.O=S(=O)([O-])c1ccc2[nH]ccc2c1.[Na+].[Na+].[Na+]. The largest absolute Gasteiger partial charge is 1.00 e. The molecule has 6 aromatic rings. The molecule has 204 valence electrons. The molecule has 3 aromatic carbocycles. The molecule has 18 heteroatoms. The fourth-order valence-electron chi connectivity index (χ4n) is 3.56. The number of nitrogens with one attached hydrogen (secondary N) is 3. The molecule has 0 radical (unpaired) electrons. The quantitative estimate of drug-likeness (QED) is 0.122. The summed E-state index contributed by atoms with van der Waals surface area (Å²) in [5, 5.41) is 2.16. The number of fused-ring (bicyclic) bond motifs is 3. The van der Waals surface area contributed by atoms with Gasteiger partial charge in [0.1, 0.15) is 30.4 Å². The monoisotopic (exact) mass is 657 g/mol. The maximum absolute atomic E-state index is 10.6. The van der Waals surface area contributed by atoms with Gasteiger partial charge in [-0.05, 0) is 72.8 Å². The van der Waals surface area contributed by atoms with Gasteiger partial charge in [0.05, 0.1) is 14.7 Å². The van der Waals surface area contributed by atoms with Crippen LogP contribution in [-0.4, -0.2) is 53.9 Å². The summed E-state index contributed by atoms with van der Waals surface area (Å²) in [5.74, 6) is 0. The second kappa shape index (κ2) is 15.8. The second-order valence-electron chi connectivity index (χ2n) is 8.04. The first-order chi connectivity index (χ1) is 18.2. The predicted octanol–water partition coefficient (Wildman–Crippen LogP) is -5.77. The van der Waals surface area contributed by atoms with Gasteiger partial charge in [0.25, 0.3) is 0 Å². The first-order valence-corrected chi connectivity index (χ1v) is 15.0. The normalized spacial score (nSPS) is 11.2. The number of hydrogen-bond donors (Lipinski definition) is 3. The van der Waals surface area contributed by atoms with Crippen molar-refractivity contribution in [1.29, 1.82) is 0 Å². The Labute approximate surface area is 307 Å². The van der Waals surface area contributed by atoms with Gasteiger partial charge in [-0.25, -0.2) is 25.3 Å². The van der Waals surface area contributed by atoms with Gasteiger partial charge in [0.15, 0.2) is 0 Å². The van der Waals surface area contributed by atoms with Crippen LogP contribution in [0.25, 0.3) is 32.7 Å². The molecule has 0 amide bonds. The van der Waals surface area contributed by atoms with E-state index in [9.17, 15) is 38.9 Å². The number of H-pyrrole nitrogens is 3. The molecule has 0 aliphatic rings. The molecule has 3 heterocycles. The molecule has 0 fully saturated rings. The second-order valence-corrected chi connectivity index (χ2v) is 12.2. The Balaban J connectivity index is 0.000000304. The zero-order valence-corrected chi connectivity index (χ0v) is 31.0. The maximum atomic E-state index is 10.6. The number of aromatic amines is 3. The summed E-state index contributed by atoms with van der Waals surface area (Å²) in [6.07, 6.45) is 5.06. The van der Waals surface area contributed by atoms with E-state index in [0.717, 1.165) is 32.7 Å². The van der Waals surface area contributed by atoms with Crippen LogP contribution >= 0.6 is 0 Å². The fourth-order valence-corrected chi connectivity index (χ4v) is 5.08. The van der Waals surface area contributed by atoms with Gasteiger partial charge in [0, 0.05) is 51.3 Å². The average molecular weight is 658 g/mol. The van der Waals surface area contributed by atoms with Gasteiger partial charge in [-0.2, -0.15) is 0 Å². The van der Waals surface area contributed by atoms with Crippen LogP contribution in [0.3, 0.4) is 0 Å². The van der Waals surface area contributed by atoms with Crippen molar-refractivity contribution in [3.63, 3.8) is 0 Å². The van der Waals surface area contributed by atoms with Gasteiger partial charge in [0.2, 0.25) is 0 Å². The molecular formula is C24H18N3Na3O9S3. The minimum absolute atomic E-state index is 0. The number of benzene rings is 3. The summed E-state index contributed by atoms with van der Waals surface area (Å²) in [6.45, 7) is 0. The van der Waals surface area contributed by atoms with E-state index < -0.39 is 30.4 Å². The van der Waals surface area contributed by atoms with Crippen molar-refractivity contribution in [1.82, 2.24) is 15.0 Å². The van der Waals surface area contributed by atoms with Crippen LogP contribution in [0.5, 0.6) is 0 Å². The zero-order valence-electron chi connectivity index (χ0n) is 22.6. The van der Waals surface area contributed by atoms with Crippen molar-refractivity contribution >= 4 is 63.1 Å². The molecular weight excluding hydrogens is 639 g/mol. The Hall–Kier alpha value is -0.990. The van der Waals surface area contributed by atoms with E-state index in [0.29, 0.717) is 0 Å². The third-order valence-corrected chi connectivity index (χ3v) is 7.93. The number of hydrogen-bond acceptors (Lipinski definition) is 9. The molecule has 6 rings (SSSR count). The Bertz CT molecular complexity index is 1880. The summed E-state index contributed by atoms with van der Waals surface area (Å²) >= 11 is 0. The molecule has 0 atom stereocenters. The van der Waals surface area contributed by atoms with Gasteiger partial charge in [-0.15, -0.1) is 0 Å². The number of aromatic nitrogens is 3. The summed E-state index contributed by atoms with van der Waals surface area (Å²) in [7, 11) is -13.0. The summed E-state index contributed by atoms with van der Waals surface area (Å²) < 4.78 is 95.7. The first kappa shape index (κ1) is 39.0. The standard InChI is InChI=1S/3C8H7NO3S.3Na/c3*10-13(11,12)7-1-2-8-6(5-7)3-4-9-8;;;/h3*1-5,9H,(H,10,11,12);;;/q;;;3*+1/p-3. The van der Waals surface area contributed by atoms with Crippen molar-refractivity contribution in [3.8, 4) is 0 Å². The summed E-state index contributed by atoms with van der Waals surface area (Å²) in [5.41, 5.74) is 2.44. The van der Waals surface area contributed by atoms with E-state index in [1.807, 2.05) is 0 Å². The molecule has 12 nitrogen and oxygen atoms in total. The van der Waals surface area contributed by atoms with Crippen LogP contribution in [0.15, 0.2) is 106 Å². The van der Waals surface area contributed by atoms with Gasteiger partial charge < -0.3 is 28.6 Å². The first-order valence-electron chi connectivity index (χ1n) is 10.8. The minimum Gasteiger partial charge on any atom is -0.744 e. The van der Waals surface area contributed by atoms with Crippen molar-refractivity contribution in [2.75, 3.05) is 0 Å². The van der Waals surface area contributed by atoms with Gasteiger partial charge >= 0.3 is 88.7 Å². The molecule has 42 heavy (non-hydrogen) atoms. The van der Waals surface area contributed by atoms with Crippen LogP contribution in [0.1, 0.15) is 0 Å². The molecule has 3 aromatic heterocycles. The van der Waals surface area contributed by atoms with Crippen LogP contribution in [0.4, 0.5) is 0 Å². The maximum Gasteiger partial charge on any atom is 1.00 e. The van der Waals surface area contributed by atoms with Crippen molar-refractivity contribution < 1.29 is 128 Å². The molecule has 0 bridgehead atoms. The van der Waals surface area contributed by atoms with Gasteiger partial charge in [-0.1, -0.05) is 0 Å². The van der Waals surface area contributed by atoms with E-state index in [1.54, 1.807) is 55.0 Å². The zero-order chi connectivity index (χ0) is 28.4. The fraction of sp³-hybridized carbons (Fsp3) is 0. The van der Waals surface area contributed by atoms with Crippen LogP contribution in [0.2, 0.25) is 0 Å². The summed E-state index contributed by atoms with van der Waals surface area (Å²) in [6, 6.07) is 17.8. The molecule has 0 saturated carbocycles. The topological polar surface area (TPSA) is 219 Å². The van der Waals surface area contributed by atoms with E-state index in [1.165, 1.54) is 36.4 Å².